The Morgan fingerprint density at radius 2 is 2.07 bits per heavy atom. The van der Waals surface area contributed by atoms with E-state index in [1.54, 1.807) is 35.6 Å². The third-order valence-electron chi connectivity index (χ3n) is 5.37. The van der Waals surface area contributed by atoms with Gasteiger partial charge < -0.3 is 15.3 Å². The van der Waals surface area contributed by atoms with Crippen LogP contribution in [0.1, 0.15) is 33.6 Å². The molecule has 0 radical (unpaired) electrons. The number of nitrogens with zero attached hydrogens (tertiary/aromatic N) is 6. The van der Waals surface area contributed by atoms with E-state index in [1.807, 2.05) is 0 Å². The van der Waals surface area contributed by atoms with Gasteiger partial charge in [0.2, 0.25) is 0 Å². The Morgan fingerprint density at radius 1 is 1.27 bits per heavy atom. The number of likely N-dealkylation sites (tertiary alicyclic amines) is 1. The van der Waals surface area contributed by atoms with Gasteiger partial charge in [0.15, 0.2) is 5.82 Å². The predicted octanol–water partition coefficient (Wildman–Crippen LogP) is 3.83. The molecule has 0 bridgehead atoms. The molecule has 0 spiro atoms. The van der Waals surface area contributed by atoms with Crippen LogP contribution in [0.25, 0.3) is 16.9 Å². The molecular weight excluding hydrogens is 406 g/mol. The van der Waals surface area contributed by atoms with Crippen molar-refractivity contribution in [2.24, 2.45) is 5.41 Å². The van der Waals surface area contributed by atoms with Crippen LogP contribution in [0, 0.1) is 5.41 Å². The molecule has 1 amide bonds. The summed E-state index contributed by atoms with van der Waals surface area (Å²) in [6, 6.07) is 1.47. The van der Waals surface area contributed by atoms with Gasteiger partial charge in [0.25, 0.3) is 0 Å². The molecule has 1 aliphatic heterocycles. The molecule has 1 aliphatic rings. The number of carbonyl (C=O) groups is 1. The molecule has 1 fully saturated rings. The van der Waals surface area contributed by atoms with Gasteiger partial charge in [0.05, 0.1) is 30.1 Å². The number of anilines is 1. The molecule has 4 heterocycles. The summed E-state index contributed by atoms with van der Waals surface area (Å²) in [5.41, 5.74) is 1.26. The van der Waals surface area contributed by atoms with Crippen LogP contribution in [0.3, 0.4) is 0 Å². The average Bonchev–Trinajstić information content (AvgIpc) is 3.10. The third kappa shape index (κ3) is 3.89. The lowest BCUT2D eigenvalue weighted by Crippen LogP contribution is -2.58. The first-order valence-corrected chi connectivity index (χ1v) is 10.2. The van der Waals surface area contributed by atoms with Crippen molar-refractivity contribution < 1.29 is 9.90 Å². The molecule has 0 saturated carbocycles. The zero-order valence-corrected chi connectivity index (χ0v) is 17.8. The van der Waals surface area contributed by atoms with Gasteiger partial charge in [0.1, 0.15) is 22.8 Å². The molecule has 2 N–H and O–H groups in total. The summed E-state index contributed by atoms with van der Waals surface area (Å²) in [6.07, 6.45) is 7.31. The second kappa shape index (κ2) is 7.71. The number of aromatic nitrogens is 5. The summed E-state index contributed by atoms with van der Waals surface area (Å²) >= 11 is 6.04. The van der Waals surface area contributed by atoms with Gasteiger partial charge in [-0.05, 0) is 18.3 Å². The van der Waals surface area contributed by atoms with E-state index in [2.05, 4.69) is 41.0 Å². The highest BCUT2D eigenvalue weighted by atomic mass is 35.5. The smallest absolute Gasteiger partial charge is 0.407 e. The van der Waals surface area contributed by atoms with Gasteiger partial charge in [-0.1, -0.05) is 32.4 Å². The van der Waals surface area contributed by atoms with Crippen LogP contribution < -0.4 is 5.32 Å². The van der Waals surface area contributed by atoms with Crippen LogP contribution >= 0.6 is 11.6 Å². The predicted molar refractivity (Wildman–Crippen MR) is 114 cm³/mol. The quantitative estimate of drug-likeness (QED) is 0.609. The maximum absolute atomic E-state index is 11.8. The molecular formula is C20H24ClN7O2. The Labute approximate surface area is 179 Å². The zero-order chi connectivity index (χ0) is 21.5. The highest BCUT2D eigenvalue weighted by molar-refractivity contribution is 6.29. The van der Waals surface area contributed by atoms with Gasteiger partial charge >= 0.3 is 6.09 Å². The van der Waals surface area contributed by atoms with E-state index in [0.29, 0.717) is 28.9 Å². The molecule has 3 aromatic rings. The van der Waals surface area contributed by atoms with Crippen molar-refractivity contribution >= 4 is 34.5 Å². The molecule has 10 heteroatoms. The molecule has 3 aromatic heterocycles. The van der Waals surface area contributed by atoms with Crippen molar-refractivity contribution in [2.75, 3.05) is 11.9 Å². The fourth-order valence-electron chi connectivity index (χ4n) is 4.23. The summed E-state index contributed by atoms with van der Waals surface area (Å²) in [5.74, 6) is 1.17. The number of imidazole rings is 1. The topological polar surface area (TPSA) is 109 Å². The van der Waals surface area contributed by atoms with Crippen molar-refractivity contribution in [3.8, 4) is 5.82 Å². The maximum Gasteiger partial charge on any atom is 0.407 e. The summed E-state index contributed by atoms with van der Waals surface area (Å²) in [5, 5.41) is 13.5. The number of amides is 1. The van der Waals surface area contributed by atoms with Gasteiger partial charge in [-0.25, -0.2) is 19.7 Å². The van der Waals surface area contributed by atoms with Crippen LogP contribution in [-0.4, -0.2) is 59.2 Å². The molecule has 4 rings (SSSR count). The lowest BCUT2D eigenvalue weighted by Gasteiger charge is -2.47. The van der Waals surface area contributed by atoms with E-state index in [1.165, 1.54) is 4.90 Å². The third-order valence-corrected chi connectivity index (χ3v) is 5.57. The number of hydrogen-bond donors (Lipinski definition) is 2. The Bertz CT molecular complexity index is 1080. The van der Waals surface area contributed by atoms with Gasteiger partial charge in [-0.15, -0.1) is 0 Å². The minimum Gasteiger partial charge on any atom is -0.465 e. The molecule has 1 saturated heterocycles. The SMILES string of the molecule is CC(C)(C)C1C(Nc2cncc(-n3cnc4cnc(Cl)cc43)n2)CCCN1C(=O)O. The number of fused-ring (bicyclic) bond motifs is 1. The fraction of sp³-hybridized carbons (Fsp3) is 0.450. The highest BCUT2D eigenvalue weighted by Gasteiger charge is 2.41. The fourth-order valence-corrected chi connectivity index (χ4v) is 4.39. The van der Waals surface area contributed by atoms with E-state index in [9.17, 15) is 9.90 Å². The van der Waals surface area contributed by atoms with Crippen molar-refractivity contribution in [1.29, 1.82) is 0 Å². The molecule has 2 unspecified atom stereocenters. The second-order valence-corrected chi connectivity index (χ2v) is 8.94. The number of halogens is 1. The molecule has 2 atom stereocenters. The van der Waals surface area contributed by atoms with Crippen molar-refractivity contribution in [2.45, 2.75) is 45.7 Å². The summed E-state index contributed by atoms with van der Waals surface area (Å²) in [7, 11) is 0. The number of nitrogens with one attached hydrogen (secondary N) is 1. The average molecular weight is 430 g/mol. The summed E-state index contributed by atoms with van der Waals surface area (Å²) < 4.78 is 1.80. The van der Waals surface area contributed by atoms with Crippen molar-refractivity contribution in [1.82, 2.24) is 29.4 Å². The molecule has 158 valence electrons. The second-order valence-electron chi connectivity index (χ2n) is 8.55. The van der Waals surface area contributed by atoms with Gasteiger partial charge in [-0.3, -0.25) is 9.55 Å². The molecule has 9 nitrogen and oxygen atoms in total. The van der Waals surface area contributed by atoms with E-state index < -0.39 is 6.09 Å². The number of piperidine rings is 1. The van der Waals surface area contributed by atoms with Crippen LogP contribution in [0.2, 0.25) is 5.15 Å². The lowest BCUT2D eigenvalue weighted by atomic mass is 9.77. The first kappa shape index (κ1) is 20.3. The normalized spacial score (nSPS) is 19.8. The minimum absolute atomic E-state index is 0.0717. The summed E-state index contributed by atoms with van der Waals surface area (Å²) in [4.78, 5) is 30.8. The van der Waals surface area contributed by atoms with Crippen LogP contribution in [0.5, 0.6) is 0 Å². The van der Waals surface area contributed by atoms with E-state index >= 15 is 0 Å². The standard InChI is InChI=1S/C20H24ClN7O2/c1-20(2,3)18-12(5-4-6-27(18)19(29)30)25-16-9-22-10-17(26-16)28-11-24-13-8-23-15(21)7-14(13)28/h7-12,18H,4-6H2,1-3H3,(H,25,26)(H,29,30). The molecule has 0 aliphatic carbocycles. The van der Waals surface area contributed by atoms with Gasteiger partial charge in [0, 0.05) is 18.7 Å². The van der Waals surface area contributed by atoms with E-state index in [0.717, 1.165) is 18.4 Å². The van der Waals surface area contributed by atoms with Crippen LogP contribution in [0.15, 0.2) is 31.0 Å². The summed E-state index contributed by atoms with van der Waals surface area (Å²) in [6.45, 7) is 6.72. The van der Waals surface area contributed by atoms with Crippen molar-refractivity contribution in [3.05, 3.63) is 36.1 Å². The molecule has 30 heavy (non-hydrogen) atoms. The van der Waals surface area contributed by atoms with Crippen LogP contribution in [-0.2, 0) is 0 Å². The van der Waals surface area contributed by atoms with E-state index in [-0.39, 0.29) is 17.5 Å². The maximum atomic E-state index is 11.8. The number of rotatable bonds is 3. The Hall–Kier alpha value is -2.94. The van der Waals surface area contributed by atoms with Crippen molar-refractivity contribution in [3.63, 3.8) is 0 Å². The Kier molecular flexibility index (Phi) is 5.23. The van der Waals surface area contributed by atoms with Gasteiger partial charge in [-0.2, -0.15) is 0 Å². The lowest BCUT2D eigenvalue weighted by molar-refractivity contribution is 0.0518. The monoisotopic (exact) mass is 429 g/mol. The number of hydrogen-bond acceptors (Lipinski definition) is 6. The Morgan fingerprint density at radius 3 is 2.80 bits per heavy atom. The largest absolute Gasteiger partial charge is 0.465 e. The minimum atomic E-state index is -0.892. The van der Waals surface area contributed by atoms with E-state index in [4.69, 9.17) is 16.6 Å². The highest BCUT2D eigenvalue weighted by Crippen LogP contribution is 2.33. The first-order valence-electron chi connectivity index (χ1n) is 9.81. The first-order chi connectivity index (χ1) is 14.2. The Balaban J connectivity index is 1.65. The number of carboxylic acid groups (broad SMARTS) is 1. The molecule has 0 aromatic carbocycles. The zero-order valence-electron chi connectivity index (χ0n) is 17.1. The van der Waals surface area contributed by atoms with Crippen LogP contribution in [0.4, 0.5) is 10.6 Å². The number of pyridine rings is 1.